The summed E-state index contributed by atoms with van der Waals surface area (Å²) in [5.74, 6) is 1.50. The molecule has 3 aromatic rings. The molecule has 5 nitrogen and oxygen atoms in total. The van der Waals surface area contributed by atoms with Gasteiger partial charge in [0.15, 0.2) is 5.76 Å². The molecule has 1 aromatic carbocycles. The average molecular weight is 304 g/mol. The third-order valence-corrected chi connectivity index (χ3v) is 3.37. The normalized spacial score (nSPS) is 11.2. The van der Waals surface area contributed by atoms with Gasteiger partial charge in [0.1, 0.15) is 0 Å². The largest absolute Gasteiger partial charge is 0.459 e. The molecule has 0 fully saturated rings. The van der Waals surface area contributed by atoms with Gasteiger partial charge in [-0.05, 0) is 30.8 Å². The second-order valence-corrected chi connectivity index (χ2v) is 5.15. The fraction of sp³-hybridized carbons (Fsp3) is 0.200. The topological polar surface area (TPSA) is 55.3 Å². The zero-order chi connectivity index (χ0) is 14.7. The van der Waals surface area contributed by atoms with E-state index in [1.165, 1.54) is 0 Å². The molecule has 0 saturated heterocycles. The van der Waals surface area contributed by atoms with Crippen LogP contribution in [0.25, 0.3) is 11.7 Å². The highest BCUT2D eigenvalue weighted by molar-refractivity contribution is 6.31. The monoisotopic (exact) mass is 303 g/mol. The quantitative estimate of drug-likeness (QED) is 0.720. The molecular weight excluding hydrogens is 290 g/mol. The molecule has 0 atom stereocenters. The van der Waals surface area contributed by atoms with E-state index in [9.17, 15) is 0 Å². The summed E-state index contributed by atoms with van der Waals surface area (Å²) < 4.78 is 10.8. The molecule has 0 N–H and O–H groups in total. The molecule has 108 valence electrons. The maximum atomic E-state index is 6.15. The van der Waals surface area contributed by atoms with Crippen molar-refractivity contribution in [1.29, 1.82) is 0 Å². The molecule has 21 heavy (non-hydrogen) atoms. The van der Waals surface area contributed by atoms with E-state index in [4.69, 9.17) is 20.4 Å². The lowest BCUT2D eigenvalue weighted by Gasteiger charge is -2.15. The first-order chi connectivity index (χ1) is 10.2. The molecule has 0 aliphatic heterocycles. The Morgan fingerprint density at radius 2 is 1.95 bits per heavy atom. The molecule has 0 unspecified atom stereocenters. The standard InChI is InChI=1S/C15H14ClN3O2/c1-19(9-11-5-2-3-6-12(11)16)10-14-17-18-15(21-14)13-7-4-8-20-13/h2-8H,9-10H2,1H3. The van der Waals surface area contributed by atoms with E-state index in [0.717, 1.165) is 10.6 Å². The van der Waals surface area contributed by atoms with Gasteiger partial charge in [-0.1, -0.05) is 29.8 Å². The van der Waals surface area contributed by atoms with Gasteiger partial charge in [-0.3, -0.25) is 4.90 Å². The first-order valence-corrected chi connectivity index (χ1v) is 6.88. The molecule has 0 aliphatic rings. The molecule has 0 spiro atoms. The second-order valence-electron chi connectivity index (χ2n) is 4.74. The van der Waals surface area contributed by atoms with Crippen molar-refractivity contribution in [2.75, 3.05) is 7.05 Å². The summed E-state index contributed by atoms with van der Waals surface area (Å²) in [4.78, 5) is 2.06. The Kier molecular flexibility index (Phi) is 4.03. The highest BCUT2D eigenvalue weighted by Gasteiger charge is 2.13. The third kappa shape index (κ3) is 3.32. The van der Waals surface area contributed by atoms with Crippen molar-refractivity contribution in [3.8, 4) is 11.7 Å². The highest BCUT2D eigenvalue weighted by atomic mass is 35.5. The molecule has 0 bridgehead atoms. The van der Waals surface area contributed by atoms with Crippen LogP contribution in [0, 0.1) is 0 Å². The Bertz CT molecular complexity index is 709. The maximum absolute atomic E-state index is 6.15. The Labute approximate surface area is 127 Å². The summed E-state index contributed by atoms with van der Waals surface area (Å²) in [6.45, 7) is 1.25. The maximum Gasteiger partial charge on any atom is 0.283 e. The summed E-state index contributed by atoms with van der Waals surface area (Å²) in [5.41, 5.74) is 1.06. The minimum Gasteiger partial charge on any atom is -0.459 e. The van der Waals surface area contributed by atoms with Crippen molar-refractivity contribution >= 4 is 11.6 Å². The van der Waals surface area contributed by atoms with Crippen molar-refractivity contribution in [1.82, 2.24) is 15.1 Å². The average Bonchev–Trinajstić information content (AvgIpc) is 3.12. The summed E-state index contributed by atoms with van der Waals surface area (Å²) in [5, 5.41) is 8.75. The van der Waals surface area contributed by atoms with Gasteiger partial charge in [0, 0.05) is 11.6 Å². The van der Waals surface area contributed by atoms with Crippen LogP contribution in [0.15, 0.2) is 51.5 Å². The van der Waals surface area contributed by atoms with E-state index < -0.39 is 0 Å². The number of furan rings is 1. The number of hydrogen-bond acceptors (Lipinski definition) is 5. The third-order valence-electron chi connectivity index (χ3n) is 3.00. The minimum absolute atomic E-state index is 0.390. The van der Waals surface area contributed by atoms with E-state index in [1.54, 1.807) is 18.4 Å². The Hall–Kier alpha value is -2.11. The second kappa shape index (κ2) is 6.11. The molecule has 2 heterocycles. The van der Waals surface area contributed by atoms with Crippen LogP contribution in [0.3, 0.4) is 0 Å². The Morgan fingerprint density at radius 3 is 2.71 bits per heavy atom. The summed E-state index contributed by atoms with van der Waals surface area (Å²) in [6.07, 6.45) is 1.57. The van der Waals surface area contributed by atoms with Crippen LogP contribution >= 0.6 is 11.6 Å². The van der Waals surface area contributed by atoms with Crippen LogP contribution in [0.5, 0.6) is 0 Å². The zero-order valence-electron chi connectivity index (χ0n) is 11.5. The van der Waals surface area contributed by atoms with E-state index >= 15 is 0 Å². The molecule has 0 aliphatic carbocycles. The fourth-order valence-corrected chi connectivity index (χ4v) is 2.22. The van der Waals surface area contributed by atoms with E-state index in [1.807, 2.05) is 31.3 Å². The predicted molar refractivity (Wildman–Crippen MR) is 78.6 cm³/mol. The molecule has 3 rings (SSSR count). The number of rotatable bonds is 5. The molecule has 0 saturated carbocycles. The van der Waals surface area contributed by atoms with E-state index in [-0.39, 0.29) is 0 Å². The fourth-order valence-electron chi connectivity index (χ4n) is 2.02. The van der Waals surface area contributed by atoms with Gasteiger partial charge in [0.05, 0.1) is 12.8 Å². The number of nitrogens with zero attached hydrogens (tertiary/aromatic N) is 3. The van der Waals surface area contributed by atoms with Gasteiger partial charge in [-0.15, -0.1) is 10.2 Å². The lowest BCUT2D eigenvalue weighted by atomic mass is 10.2. The van der Waals surface area contributed by atoms with Crippen molar-refractivity contribution in [2.24, 2.45) is 0 Å². The van der Waals surface area contributed by atoms with Gasteiger partial charge in [0.25, 0.3) is 5.89 Å². The first-order valence-electron chi connectivity index (χ1n) is 6.50. The molecule has 2 aromatic heterocycles. The molecule has 6 heteroatoms. The molecule has 0 radical (unpaired) electrons. The number of aromatic nitrogens is 2. The van der Waals surface area contributed by atoms with Crippen molar-refractivity contribution < 1.29 is 8.83 Å². The van der Waals surface area contributed by atoms with E-state index in [2.05, 4.69) is 15.1 Å². The first kappa shape index (κ1) is 13.9. The smallest absolute Gasteiger partial charge is 0.283 e. The minimum atomic E-state index is 0.390. The number of hydrogen-bond donors (Lipinski definition) is 0. The van der Waals surface area contributed by atoms with Crippen molar-refractivity contribution in [3.63, 3.8) is 0 Å². The van der Waals surface area contributed by atoms with Gasteiger partial charge in [-0.25, -0.2) is 0 Å². The van der Waals surface area contributed by atoms with Crippen LogP contribution in [0.4, 0.5) is 0 Å². The molecule has 0 amide bonds. The lowest BCUT2D eigenvalue weighted by Crippen LogP contribution is -2.17. The SMILES string of the molecule is CN(Cc1nnc(-c2ccco2)o1)Cc1ccccc1Cl. The Balaban J connectivity index is 1.65. The van der Waals surface area contributed by atoms with Crippen LogP contribution in [-0.4, -0.2) is 22.1 Å². The highest BCUT2D eigenvalue weighted by Crippen LogP contribution is 2.20. The van der Waals surface area contributed by atoms with Crippen LogP contribution in [-0.2, 0) is 13.1 Å². The van der Waals surface area contributed by atoms with Crippen molar-refractivity contribution in [3.05, 3.63) is 59.1 Å². The van der Waals surface area contributed by atoms with Crippen LogP contribution < -0.4 is 0 Å². The van der Waals surface area contributed by atoms with Gasteiger partial charge in [0.2, 0.25) is 5.89 Å². The predicted octanol–water partition coefficient (Wildman–Crippen LogP) is 3.62. The summed E-state index contributed by atoms with van der Waals surface area (Å²) in [6, 6.07) is 11.3. The number of halogens is 1. The zero-order valence-corrected chi connectivity index (χ0v) is 12.2. The number of benzene rings is 1. The van der Waals surface area contributed by atoms with E-state index in [0.29, 0.717) is 30.6 Å². The van der Waals surface area contributed by atoms with Crippen LogP contribution in [0.1, 0.15) is 11.5 Å². The Morgan fingerprint density at radius 1 is 1.10 bits per heavy atom. The van der Waals surface area contributed by atoms with Gasteiger partial charge in [-0.2, -0.15) is 0 Å². The lowest BCUT2D eigenvalue weighted by molar-refractivity contribution is 0.282. The summed E-state index contributed by atoms with van der Waals surface area (Å²) in [7, 11) is 1.97. The molecular formula is C15H14ClN3O2. The van der Waals surface area contributed by atoms with Crippen molar-refractivity contribution in [2.45, 2.75) is 13.1 Å². The van der Waals surface area contributed by atoms with Crippen LogP contribution in [0.2, 0.25) is 5.02 Å². The van der Waals surface area contributed by atoms with Gasteiger partial charge >= 0.3 is 0 Å². The summed E-state index contributed by atoms with van der Waals surface area (Å²) >= 11 is 6.15. The van der Waals surface area contributed by atoms with Gasteiger partial charge < -0.3 is 8.83 Å².